The minimum Gasteiger partial charge on any atom is -0.350 e. The molecule has 29 heavy (non-hydrogen) atoms. The first-order chi connectivity index (χ1) is 14.2. The first-order valence-corrected chi connectivity index (χ1v) is 9.53. The van der Waals surface area contributed by atoms with Crippen molar-refractivity contribution in [2.24, 2.45) is 7.05 Å². The van der Waals surface area contributed by atoms with Crippen LogP contribution >= 0.6 is 0 Å². The van der Waals surface area contributed by atoms with Crippen molar-refractivity contribution in [3.05, 3.63) is 96.4 Å². The van der Waals surface area contributed by atoms with E-state index in [9.17, 15) is 4.79 Å². The monoisotopic (exact) mass is 382 g/mol. The lowest BCUT2D eigenvalue weighted by molar-refractivity contribution is -0.120. The Kier molecular flexibility index (Phi) is 5.47. The van der Waals surface area contributed by atoms with E-state index in [-0.39, 0.29) is 5.91 Å². The van der Waals surface area contributed by atoms with Crippen LogP contribution in [0.5, 0.6) is 0 Å². The summed E-state index contributed by atoms with van der Waals surface area (Å²) in [4.78, 5) is 16.4. The fourth-order valence-corrected chi connectivity index (χ4v) is 3.29. The van der Waals surface area contributed by atoms with Crippen molar-refractivity contribution in [3.8, 4) is 22.4 Å². The van der Waals surface area contributed by atoms with Gasteiger partial charge in [0.25, 0.3) is 0 Å². The lowest BCUT2D eigenvalue weighted by Crippen LogP contribution is -2.24. The van der Waals surface area contributed by atoms with Crippen molar-refractivity contribution in [3.63, 3.8) is 0 Å². The van der Waals surface area contributed by atoms with Crippen LogP contribution in [0.4, 0.5) is 0 Å². The van der Waals surface area contributed by atoms with Gasteiger partial charge in [-0.25, -0.2) is 0 Å². The molecule has 0 spiro atoms. The Hall–Kier alpha value is -3.73. The molecule has 0 aliphatic carbocycles. The number of aromatic nitrogens is 3. The molecule has 0 radical (unpaired) electrons. The summed E-state index contributed by atoms with van der Waals surface area (Å²) in [5.41, 5.74) is 6.17. The number of hydrogen-bond acceptors (Lipinski definition) is 3. The van der Waals surface area contributed by atoms with Gasteiger partial charge in [0, 0.05) is 25.0 Å². The van der Waals surface area contributed by atoms with E-state index in [0.717, 1.165) is 28.1 Å². The molecule has 2 aromatic heterocycles. The number of benzene rings is 2. The summed E-state index contributed by atoms with van der Waals surface area (Å²) in [6, 6.07) is 24.2. The van der Waals surface area contributed by atoms with Crippen LogP contribution in [0, 0.1) is 0 Å². The normalized spacial score (nSPS) is 10.7. The highest BCUT2D eigenvalue weighted by atomic mass is 16.1. The first-order valence-electron chi connectivity index (χ1n) is 9.53. The van der Waals surface area contributed by atoms with Gasteiger partial charge in [0.1, 0.15) is 0 Å². The molecule has 144 valence electrons. The largest absolute Gasteiger partial charge is 0.350 e. The van der Waals surface area contributed by atoms with Crippen molar-refractivity contribution < 1.29 is 4.79 Å². The number of carbonyl (C=O) groups is 1. The number of pyridine rings is 1. The second kappa shape index (κ2) is 8.52. The molecule has 1 amide bonds. The predicted molar refractivity (Wildman–Crippen MR) is 114 cm³/mol. The molecule has 0 aliphatic heterocycles. The van der Waals surface area contributed by atoms with E-state index in [1.54, 1.807) is 12.4 Å². The average molecular weight is 382 g/mol. The molecular weight excluding hydrogens is 360 g/mol. The molecule has 2 aromatic carbocycles. The van der Waals surface area contributed by atoms with Crippen molar-refractivity contribution in [1.29, 1.82) is 0 Å². The summed E-state index contributed by atoms with van der Waals surface area (Å²) in [6.07, 6.45) is 3.86. The number of hydrogen-bond donors (Lipinski definition) is 1. The predicted octanol–water partition coefficient (Wildman–Crippen LogP) is 4.01. The Bertz CT molecular complexity index is 1090. The molecule has 0 aliphatic rings. The van der Waals surface area contributed by atoms with Crippen molar-refractivity contribution in [1.82, 2.24) is 20.1 Å². The van der Waals surface area contributed by atoms with Gasteiger partial charge in [0.2, 0.25) is 5.91 Å². The van der Waals surface area contributed by atoms with Gasteiger partial charge in [-0.05, 0) is 34.9 Å². The molecular formula is C24H22N4O. The fourth-order valence-electron chi connectivity index (χ4n) is 3.29. The topological polar surface area (TPSA) is 59.8 Å². The molecule has 0 fully saturated rings. The second-order valence-corrected chi connectivity index (χ2v) is 6.90. The molecule has 4 rings (SSSR count). The minimum absolute atomic E-state index is 0.0198. The van der Waals surface area contributed by atoms with E-state index in [0.29, 0.717) is 13.0 Å². The third-order valence-corrected chi connectivity index (χ3v) is 4.80. The number of nitrogens with zero attached hydrogens (tertiary/aromatic N) is 3. The Labute approximate surface area is 170 Å². The molecule has 5 heteroatoms. The third kappa shape index (κ3) is 4.58. The highest BCUT2D eigenvalue weighted by Gasteiger charge is 2.09. The smallest absolute Gasteiger partial charge is 0.224 e. The number of nitrogens with one attached hydrogen (secondary N) is 1. The van der Waals surface area contributed by atoms with E-state index in [4.69, 9.17) is 0 Å². The molecule has 0 saturated carbocycles. The van der Waals surface area contributed by atoms with Gasteiger partial charge in [-0.1, -0.05) is 54.6 Å². The third-order valence-electron chi connectivity index (χ3n) is 4.80. The summed E-state index contributed by atoms with van der Waals surface area (Å²) in [6.45, 7) is 0.403. The zero-order valence-electron chi connectivity index (χ0n) is 16.2. The summed E-state index contributed by atoms with van der Waals surface area (Å²) in [5, 5.41) is 7.45. The standard InChI is InChI=1S/C24H22N4O/c1-28-23(21-11-13-25-14-12-21)16-22(27-28)17-26-24(29)15-18-7-9-20(10-8-18)19-5-3-2-4-6-19/h2-14,16H,15,17H2,1H3,(H,26,29). The van der Waals surface area contributed by atoms with Crippen LogP contribution in [0.25, 0.3) is 22.4 Å². The van der Waals surface area contributed by atoms with Gasteiger partial charge in [-0.3, -0.25) is 14.5 Å². The summed E-state index contributed by atoms with van der Waals surface area (Å²) in [7, 11) is 1.90. The Morgan fingerprint density at radius 2 is 1.59 bits per heavy atom. The Morgan fingerprint density at radius 1 is 0.897 bits per heavy atom. The van der Waals surface area contributed by atoms with Gasteiger partial charge in [-0.2, -0.15) is 5.10 Å². The number of carbonyl (C=O) groups excluding carboxylic acids is 1. The SMILES string of the molecule is Cn1nc(CNC(=O)Cc2ccc(-c3ccccc3)cc2)cc1-c1ccncc1. The highest BCUT2D eigenvalue weighted by molar-refractivity contribution is 5.79. The molecule has 2 heterocycles. The van der Waals surface area contributed by atoms with Crippen LogP contribution < -0.4 is 5.32 Å². The maximum Gasteiger partial charge on any atom is 0.224 e. The van der Waals surface area contributed by atoms with Crippen LogP contribution in [-0.4, -0.2) is 20.7 Å². The molecule has 0 atom stereocenters. The quantitative estimate of drug-likeness (QED) is 0.548. The van der Waals surface area contributed by atoms with E-state index in [1.165, 1.54) is 5.56 Å². The zero-order valence-corrected chi connectivity index (χ0v) is 16.2. The Morgan fingerprint density at radius 3 is 2.31 bits per heavy atom. The van der Waals surface area contributed by atoms with E-state index < -0.39 is 0 Å². The van der Waals surface area contributed by atoms with Crippen molar-refractivity contribution in [2.75, 3.05) is 0 Å². The zero-order chi connectivity index (χ0) is 20.1. The van der Waals surface area contributed by atoms with Crippen LogP contribution in [0.15, 0.2) is 85.2 Å². The van der Waals surface area contributed by atoms with Crippen molar-refractivity contribution in [2.45, 2.75) is 13.0 Å². The summed E-state index contributed by atoms with van der Waals surface area (Å²) < 4.78 is 1.82. The van der Waals surface area contributed by atoms with Gasteiger partial charge < -0.3 is 5.32 Å². The minimum atomic E-state index is -0.0198. The molecule has 0 saturated heterocycles. The van der Waals surface area contributed by atoms with Gasteiger partial charge in [0.05, 0.1) is 24.4 Å². The van der Waals surface area contributed by atoms with Crippen LogP contribution in [0.2, 0.25) is 0 Å². The van der Waals surface area contributed by atoms with Gasteiger partial charge in [-0.15, -0.1) is 0 Å². The first kappa shape index (κ1) is 18.6. The fraction of sp³-hybridized carbons (Fsp3) is 0.125. The maximum atomic E-state index is 12.3. The molecule has 0 bridgehead atoms. The van der Waals surface area contributed by atoms with Gasteiger partial charge >= 0.3 is 0 Å². The van der Waals surface area contributed by atoms with Crippen molar-refractivity contribution >= 4 is 5.91 Å². The summed E-state index contributed by atoms with van der Waals surface area (Å²) >= 11 is 0. The number of aryl methyl sites for hydroxylation is 1. The van der Waals surface area contributed by atoms with Crippen LogP contribution in [0.3, 0.4) is 0 Å². The van der Waals surface area contributed by atoms with Crippen LogP contribution in [-0.2, 0) is 24.8 Å². The molecule has 5 nitrogen and oxygen atoms in total. The lowest BCUT2D eigenvalue weighted by Gasteiger charge is -2.05. The van der Waals surface area contributed by atoms with Gasteiger partial charge in [0.15, 0.2) is 0 Å². The molecule has 4 aromatic rings. The van der Waals surface area contributed by atoms with E-state index >= 15 is 0 Å². The lowest BCUT2D eigenvalue weighted by atomic mass is 10.0. The molecule has 1 N–H and O–H groups in total. The second-order valence-electron chi connectivity index (χ2n) is 6.90. The maximum absolute atomic E-state index is 12.3. The van der Waals surface area contributed by atoms with Crippen LogP contribution in [0.1, 0.15) is 11.3 Å². The van der Waals surface area contributed by atoms with E-state index in [2.05, 4.69) is 39.7 Å². The van der Waals surface area contributed by atoms with E-state index in [1.807, 2.05) is 60.3 Å². The average Bonchev–Trinajstić information content (AvgIpc) is 3.15. The Balaban J connectivity index is 1.35. The number of amides is 1. The highest BCUT2D eigenvalue weighted by Crippen LogP contribution is 2.20. The summed E-state index contributed by atoms with van der Waals surface area (Å²) in [5.74, 6) is -0.0198. The number of rotatable bonds is 6. The molecule has 0 unspecified atom stereocenters.